The molecule has 0 aliphatic heterocycles. The van der Waals surface area contributed by atoms with Gasteiger partial charge in [-0.25, -0.2) is 0 Å². The molecule has 2 aromatic rings. The molecule has 98 valence electrons. The summed E-state index contributed by atoms with van der Waals surface area (Å²) in [5, 5.41) is 0. The van der Waals surface area contributed by atoms with Crippen molar-refractivity contribution in [3.63, 3.8) is 0 Å². The van der Waals surface area contributed by atoms with E-state index in [1.165, 1.54) is 24.0 Å². The minimum Gasteiger partial charge on any atom is -0.492 e. The average molecular weight is 253 g/mol. The van der Waals surface area contributed by atoms with Crippen molar-refractivity contribution in [1.82, 2.24) is 0 Å². The largest absolute Gasteiger partial charge is 0.492 e. The van der Waals surface area contributed by atoms with Gasteiger partial charge in [0, 0.05) is 6.04 Å². The highest BCUT2D eigenvalue weighted by Crippen LogP contribution is 2.31. The summed E-state index contributed by atoms with van der Waals surface area (Å²) in [6.45, 7) is 0.620. The highest BCUT2D eigenvalue weighted by Gasteiger charge is 2.28. The first-order valence-electron chi connectivity index (χ1n) is 6.87. The van der Waals surface area contributed by atoms with Gasteiger partial charge < -0.3 is 10.5 Å². The van der Waals surface area contributed by atoms with Gasteiger partial charge in [0.15, 0.2) is 0 Å². The minimum absolute atomic E-state index is 0.189. The Morgan fingerprint density at radius 3 is 2.21 bits per heavy atom. The lowest BCUT2D eigenvalue weighted by Crippen LogP contribution is -2.29. The predicted octanol–water partition coefficient (Wildman–Crippen LogP) is 3.47. The summed E-state index contributed by atoms with van der Waals surface area (Å²) < 4.78 is 5.73. The van der Waals surface area contributed by atoms with Crippen LogP contribution < -0.4 is 10.5 Å². The zero-order chi connectivity index (χ0) is 13.1. The van der Waals surface area contributed by atoms with Crippen molar-refractivity contribution in [2.75, 3.05) is 6.61 Å². The zero-order valence-electron chi connectivity index (χ0n) is 11.0. The molecule has 1 atom stereocenters. The fourth-order valence-corrected chi connectivity index (χ4v) is 2.23. The smallest absolute Gasteiger partial charge is 0.119 e. The summed E-state index contributed by atoms with van der Waals surface area (Å²) >= 11 is 0. The first-order chi connectivity index (χ1) is 9.33. The summed E-state index contributed by atoms with van der Waals surface area (Å²) in [5.74, 6) is 1.58. The lowest BCUT2D eigenvalue weighted by atomic mass is 10.1. The third-order valence-electron chi connectivity index (χ3n) is 3.63. The molecular formula is C17H19NO. The van der Waals surface area contributed by atoms with E-state index < -0.39 is 0 Å². The van der Waals surface area contributed by atoms with Crippen LogP contribution in [0.1, 0.15) is 12.8 Å². The normalized spacial score (nSPS) is 16.1. The first kappa shape index (κ1) is 12.2. The second-order valence-corrected chi connectivity index (χ2v) is 5.20. The van der Waals surface area contributed by atoms with Crippen LogP contribution in [-0.4, -0.2) is 12.6 Å². The maximum atomic E-state index is 6.02. The van der Waals surface area contributed by atoms with Gasteiger partial charge in [0.05, 0.1) is 0 Å². The van der Waals surface area contributed by atoms with E-state index in [0.29, 0.717) is 12.5 Å². The lowest BCUT2D eigenvalue weighted by molar-refractivity contribution is 0.276. The molecule has 0 amide bonds. The number of ether oxygens (including phenoxy) is 1. The van der Waals surface area contributed by atoms with Gasteiger partial charge in [0.25, 0.3) is 0 Å². The highest BCUT2D eigenvalue weighted by molar-refractivity contribution is 5.63. The van der Waals surface area contributed by atoms with Gasteiger partial charge in [-0.15, -0.1) is 0 Å². The van der Waals surface area contributed by atoms with E-state index in [1.807, 2.05) is 18.2 Å². The molecule has 1 aliphatic carbocycles. The molecule has 0 bridgehead atoms. The summed E-state index contributed by atoms with van der Waals surface area (Å²) in [5.41, 5.74) is 8.46. The van der Waals surface area contributed by atoms with E-state index >= 15 is 0 Å². The van der Waals surface area contributed by atoms with Crippen molar-refractivity contribution < 1.29 is 4.74 Å². The van der Waals surface area contributed by atoms with Gasteiger partial charge >= 0.3 is 0 Å². The number of benzene rings is 2. The van der Waals surface area contributed by atoms with E-state index in [0.717, 1.165) is 5.75 Å². The summed E-state index contributed by atoms with van der Waals surface area (Å²) in [6.07, 6.45) is 2.52. The SMILES string of the molecule is N[C@@H](COc1ccc(-c2ccccc2)cc1)C1CC1. The number of rotatable bonds is 5. The van der Waals surface area contributed by atoms with Crippen LogP contribution in [0.15, 0.2) is 54.6 Å². The fourth-order valence-electron chi connectivity index (χ4n) is 2.23. The third kappa shape index (κ3) is 3.15. The standard InChI is InChI=1S/C17H19NO/c18-17(15-6-7-15)12-19-16-10-8-14(9-11-16)13-4-2-1-3-5-13/h1-5,8-11,15,17H,6-7,12,18H2/t17-/m0/s1. The van der Waals surface area contributed by atoms with Gasteiger partial charge in [0.2, 0.25) is 0 Å². The number of nitrogens with two attached hydrogens (primary N) is 1. The number of hydrogen-bond donors (Lipinski definition) is 1. The summed E-state index contributed by atoms with van der Waals surface area (Å²) in [7, 11) is 0. The van der Waals surface area contributed by atoms with Crippen molar-refractivity contribution >= 4 is 0 Å². The maximum absolute atomic E-state index is 6.02. The Hall–Kier alpha value is -1.80. The van der Waals surface area contributed by atoms with Crippen LogP contribution in [0, 0.1) is 5.92 Å². The molecule has 2 heteroatoms. The van der Waals surface area contributed by atoms with E-state index in [9.17, 15) is 0 Å². The molecule has 2 N–H and O–H groups in total. The Bertz CT molecular complexity index is 517. The summed E-state index contributed by atoms with van der Waals surface area (Å²) in [4.78, 5) is 0. The average Bonchev–Trinajstić information content (AvgIpc) is 3.31. The van der Waals surface area contributed by atoms with Crippen LogP contribution in [0.5, 0.6) is 5.75 Å². The molecule has 3 rings (SSSR count). The molecule has 0 spiro atoms. The summed E-state index contributed by atoms with van der Waals surface area (Å²) in [6, 6.07) is 18.7. The fraction of sp³-hybridized carbons (Fsp3) is 0.294. The van der Waals surface area contributed by atoms with Crippen LogP contribution in [0.25, 0.3) is 11.1 Å². The van der Waals surface area contributed by atoms with Gasteiger partial charge in [-0.1, -0.05) is 42.5 Å². The topological polar surface area (TPSA) is 35.2 Å². The Labute approximate surface area is 114 Å². The molecule has 1 fully saturated rings. The van der Waals surface area contributed by atoms with E-state index in [2.05, 4.69) is 36.4 Å². The van der Waals surface area contributed by atoms with Crippen LogP contribution in [0.4, 0.5) is 0 Å². The maximum Gasteiger partial charge on any atom is 0.119 e. The highest BCUT2D eigenvalue weighted by atomic mass is 16.5. The van der Waals surface area contributed by atoms with Gasteiger partial charge in [-0.2, -0.15) is 0 Å². The Morgan fingerprint density at radius 1 is 0.947 bits per heavy atom. The second kappa shape index (κ2) is 5.45. The molecule has 19 heavy (non-hydrogen) atoms. The van der Waals surface area contributed by atoms with Crippen LogP contribution in [0.3, 0.4) is 0 Å². The van der Waals surface area contributed by atoms with E-state index in [-0.39, 0.29) is 6.04 Å². The van der Waals surface area contributed by atoms with Crippen LogP contribution >= 0.6 is 0 Å². The van der Waals surface area contributed by atoms with Crippen molar-refractivity contribution in [2.24, 2.45) is 11.7 Å². The molecule has 2 aromatic carbocycles. The van der Waals surface area contributed by atoms with Gasteiger partial charge in [0.1, 0.15) is 12.4 Å². The second-order valence-electron chi connectivity index (χ2n) is 5.20. The zero-order valence-corrected chi connectivity index (χ0v) is 11.0. The lowest BCUT2D eigenvalue weighted by Gasteiger charge is -2.12. The van der Waals surface area contributed by atoms with Crippen molar-refractivity contribution in [3.8, 4) is 16.9 Å². The Kier molecular flexibility index (Phi) is 3.51. The third-order valence-corrected chi connectivity index (χ3v) is 3.63. The van der Waals surface area contributed by atoms with E-state index in [4.69, 9.17) is 10.5 Å². The van der Waals surface area contributed by atoms with Crippen molar-refractivity contribution in [3.05, 3.63) is 54.6 Å². The van der Waals surface area contributed by atoms with Crippen molar-refractivity contribution in [1.29, 1.82) is 0 Å². The molecule has 0 saturated heterocycles. The quantitative estimate of drug-likeness (QED) is 0.885. The molecule has 0 heterocycles. The van der Waals surface area contributed by atoms with Crippen LogP contribution in [0.2, 0.25) is 0 Å². The Balaban J connectivity index is 1.62. The predicted molar refractivity (Wildman–Crippen MR) is 78.1 cm³/mol. The molecule has 1 aliphatic rings. The monoisotopic (exact) mass is 253 g/mol. The molecule has 2 nitrogen and oxygen atoms in total. The number of hydrogen-bond acceptors (Lipinski definition) is 2. The minimum atomic E-state index is 0.189. The van der Waals surface area contributed by atoms with Gasteiger partial charge in [-0.3, -0.25) is 0 Å². The molecule has 1 saturated carbocycles. The van der Waals surface area contributed by atoms with E-state index in [1.54, 1.807) is 0 Å². The Morgan fingerprint density at radius 2 is 1.58 bits per heavy atom. The molecular weight excluding hydrogens is 234 g/mol. The molecule has 0 unspecified atom stereocenters. The van der Waals surface area contributed by atoms with Crippen LogP contribution in [-0.2, 0) is 0 Å². The van der Waals surface area contributed by atoms with Gasteiger partial charge in [-0.05, 0) is 42.0 Å². The molecule has 0 radical (unpaired) electrons. The van der Waals surface area contributed by atoms with Crippen molar-refractivity contribution in [2.45, 2.75) is 18.9 Å². The first-order valence-corrected chi connectivity index (χ1v) is 6.87. The molecule has 0 aromatic heterocycles.